The Bertz CT molecular complexity index is 428. The minimum Gasteiger partial charge on any atom is -0.397 e. The van der Waals surface area contributed by atoms with Crippen molar-refractivity contribution in [2.75, 3.05) is 25.5 Å². The van der Waals surface area contributed by atoms with Crippen LogP contribution >= 0.6 is 0 Å². The van der Waals surface area contributed by atoms with E-state index in [9.17, 15) is 4.79 Å². The van der Waals surface area contributed by atoms with Crippen molar-refractivity contribution in [3.63, 3.8) is 0 Å². The first-order valence-electron chi connectivity index (χ1n) is 6.47. The van der Waals surface area contributed by atoms with Crippen molar-refractivity contribution in [1.29, 1.82) is 0 Å². The number of nitrogen functional groups attached to an aromatic ring is 1. The van der Waals surface area contributed by atoms with Crippen LogP contribution in [0.2, 0.25) is 0 Å². The normalized spacial score (nSPS) is 20.1. The van der Waals surface area contributed by atoms with Crippen LogP contribution in [-0.2, 0) is 11.3 Å². The van der Waals surface area contributed by atoms with Gasteiger partial charge in [-0.2, -0.15) is 0 Å². The van der Waals surface area contributed by atoms with Gasteiger partial charge >= 0.3 is 0 Å². The van der Waals surface area contributed by atoms with Crippen molar-refractivity contribution in [3.05, 3.63) is 18.0 Å². The van der Waals surface area contributed by atoms with Gasteiger partial charge in [0.1, 0.15) is 5.69 Å². The number of hydrogen-bond donors (Lipinski definition) is 1. The molecule has 1 saturated heterocycles. The largest absolute Gasteiger partial charge is 0.397 e. The average molecular weight is 251 g/mol. The molecule has 18 heavy (non-hydrogen) atoms. The molecular formula is C13H21N3O2. The number of carbonyl (C=O) groups excluding carboxylic acids is 1. The lowest BCUT2D eigenvalue weighted by Crippen LogP contribution is -2.47. The van der Waals surface area contributed by atoms with E-state index in [1.807, 2.05) is 22.6 Å². The lowest BCUT2D eigenvalue weighted by Gasteiger charge is -2.33. The first kappa shape index (κ1) is 13.0. The van der Waals surface area contributed by atoms with Gasteiger partial charge < -0.3 is 19.9 Å². The maximum absolute atomic E-state index is 12.5. The third-order valence-corrected chi connectivity index (χ3v) is 3.23. The highest BCUT2D eigenvalue weighted by molar-refractivity contribution is 5.94. The van der Waals surface area contributed by atoms with Crippen LogP contribution < -0.4 is 5.73 Å². The summed E-state index contributed by atoms with van der Waals surface area (Å²) < 4.78 is 7.30. The second-order valence-corrected chi connectivity index (χ2v) is 4.77. The fraction of sp³-hybridized carbons (Fsp3) is 0.615. The zero-order chi connectivity index (χ0) is 13.1. The average Bonchev–Trinajstić information content (AvgIpc) is 2.71. The minimum absolute atomic E-state index is 0.0518. The molecule has 1 aromatic heterocycles. The van der Waals surface area contributed by atoms with Gasteiger partial charge in [-0.25, -0.2) is 0 Å². The van der Waals surface area contributed by atoms with Crippen LogP contribution in [-0.4, -0.2) is 41.2 Å². The van der Waals surface area contributed by atoms with Gasteiger partial charge in [-0.05, 0) is 19.4 Å². The molecule has 100 valence electrons. The van der Waals surface area contributed by atoms with Gasteiger partial charge in [0.15, 0.2) is 0 Å². The Balaban J connectivity index is 2.21. The monoisotopic (exact) mass is 251 g/mol. The fourth-order valence-corrected chi connectivity index (χ4v) is 2.31. The van der Waals surface area contributed by atoms with Gasteiger partial charge in [0.05, 0.1) is 24.9 Å². The van der Waals surface area contributed by atoms with Gasteiger partial charge in [-0.1, -0.05) is 6.92 Å². The van der Waals surface area contributed by atoms with E-state index in [1.54, 1.807) is 6.07 Å². The highest BCUT2D eigenvalue weighted by Crippen LogP contribution is 2.17. The Hall–Kier alpha value is -1.49. The standard InChI is InChI=1S/C13H21N3O2/c1-3-4-15-8-11(14)7-12(15)13(17)16-5-6-18-9-10(16)2/h7-8,10H,3-6,9,14H2,1-2H3. The van der Waals surface area contributed by atoms with Gasteiger partial charge in [0.25, 0.3) is 5.91 Å². The van der Waals surface area contributed by atoms with Crippen molar-refractivity contribution in [3.8, 4) is 0 Å². The molecule has 1 aliphatic heterocycles. The predicted molar refractivity (Wildman–Crippen MR) is 70.5 cm³/mol. The van der Waals surface area contributed by atoms with E-state index < -0.39 is 0 Å². The van der Waals surface area contributed by atoms with E-state index in [0.29, 0.717) is 31.1 Å². The summed E-state index contributed by atoms with van der Waals surface area (Å²) in [6.07, 6.45) is 2.81. The van der Waals surface area contributed by atoms with Crippen LogP contribution in [0.4, 0.5) is 5.69 Å². The van der Waals surface area contributed by atoms with Gasteiger partial charge in [-0.15, -0.1) is 0 Å². The van der Waals surface area contributed by atoms with Crippen LogP contribution in [0.15, 0.2) is 12.3 Å². The number of morpholine rings is 1. The molecule has 2 heterocycles. The van der Waals surface area contributed by atoms with Crippen molar-refractivity contribution >= 4 is 11.6 Å². The number of hydrogen-bond acceptors (Lipinski definition) is 3. The van der Waals surface area contributed by atoms with Crippen LogP contribution in [0, 0.1) is 0 Å². The number of amides is 1. The molecule has 1 atom stereocenters. The van der Waals surface area contributed by atoms with Crippen LogP contribution in [0.5, 0.6) is 0 Å². The number of anilines is 1. The minimum atomic E-state index is 0.0518. The van der Waals surface area contributed by atoms with Gasteiger partial charge in [0.2, 0.25) is 0 Å². The summed E-state index contributed by atoms with van der Waals surface area (Å²) in [6, 6.07) is 1.89. The Morgan fingerprint density at radius 3 is 3.06 bits per heavy atom. The third kappa shape index (κ3) is 2.51. The number of aromatic nitrogens is 1. The fourth-order valence-electron chi connectivity index (χ4n) is 2.31. The van der Waals surface area contributed by atoms with E-state index in [0.717, 1.165) is 13.0 Å². The molecule has 2 rings (SSSR count). The van der Waals surface area contributed by atoms with E-state index in [-0.39, 0.29) is 11.9 Å². The molecule has 1 unspecified atom stereocenters. The number of rotatable bonds is 3. The zero-order valence-corrected chi connectivity index (χ0v) is 11.1. The van der Waals surface area contributed by atoms with Crippen molar-refractivity contribution in [2.24, 2.45) is 0 Å². The molecule has 0 aromatic carbocycles. The molecule has 0 aliphatic carbocycles. The summed E-state index contributed by atoms with van der Waals surface area (Å²) in [7, 11) is 0. The molecule has 1 aliphatic rings. The van der Waals surface area contributed by atoms with E-state index in [4.69, 9.17) is 10.5 Å². The van der Waals surface area contributed by atoms with E-state index in [2.05, 4.69) is 6.92 Å². The zero-order valence-electron chi connectivity index (χ0n) is 11.1. The number of ether oxygens (including phenoxy) is 1. The summed E-state index contributed by atoms with van der Waals surface area (Å²) >= 11 is 0. The molecule has 0 bridgehead atoms. The van der Waals surface area contributed by atoms with Crippen molar-refractivity contribution in [2.45, 2.75) is 32.9 Å². The molecule has 5 nitrogen and oxygen atoms in total. The molecule has 0 saturated carbocycles. The number of carbonyl (C=O) groups is 1. The Kier molecular flexibility index (Phi) is 3.91. The number of nitrogens with two attached hydrogens (primary N) is 1. The summed E-state index contributed by atoms with van der Waals surface area (Å²) in [5.74, 6) is 0.0518. The number of nitrogens with zero attached hydrogens (tertiary/aromatic N) is 2. The van der Waals surface area contributed by atoms with E-state index >= 15 is 0 Å². The second-order valence-electron chi connectivity index (χ2n) is 4.77. The first-order valence-corrected chi connectivity index (χ1v) is 6.47. The van der Waals surface area contributed by atoms with Crippen LogP contribution in [0.1, 0.15) is 30.8 Å². The lowest BCUT2D eigenvalue weighted by molar-refractivity contribution is 0.00301. The van der Waals surface area contributed by atoms with Crippen LogP contribution in [0.3, 0.4) is 0 Å². The maximum Gasteiger partial charge on any atom is 0.270 e. The quantitative estimate of drug-likeness (QED) is 0.882. The Morgan fingerprint density at radius 2 is 2.39 bits per heavy atom. The summed E-state index contributed by atoms with van der Waals surface area (Å²) in [5.41, 5.74) is 7.12. The highest BCUT2D eigenvalue weighted by atomic mass is 16.5. The summed E-state index contributed by atoms with van der Waals surface area (Å²) in [5, 5.41) is 0. The molecule has 1 aromatic rings. The molecular weight excluding hydrogens is 230 g/mol. The third-order valence-electron chi connectivity index (χ3n) is 3.23. The lowest BCUT2D eigenvalue weighted by atomic mass is 10.2. The second kappa shape index (κ2) is 5.44. The molecule has 5 heteroatoms. The molecule has 1 fully saturated rings. The topological polar surface area (TPSA) is 60.5 Å². The van der Waals surface area contributed by atoms with Gasteiger partial charge in [-0.3, -0.25) is 4.79 Å². The number of aryl methyl sites for hydroxylation is 1. The summed E-state index contributed by atoms with van der Waals surface area (Å²) in [4.78, 5) is 14.4. The first-order chi connectivity index (χ1) is 8.63. The molecule has 0 radical (unpaired) electrons. The maximum atomic E-state index is 12.5. The molecule has 1 amide bonds. The van der Waals surface area contributed by atoms with E-state index in [1.165, 1.54) is 0 Å². The Morgan fingerprint density at radius 1 is 1.61 bits per heavy atom. The summed E-state index contributed by atoms with van der Waals surface area (Å²) in [6.45, 7) is 6.78. The molecule has 2 N–H and O–H groups in total. The predicted octanol–water partition coefficient (Wildman–Crippen LogP) is 1.34. The van der Waals surface area contributed by atoms with Crippen molar-refractivity contribution < 1.29 is 9.53 Å². The molecule has 0 spiro atoms. The van der Waals surface area contributed by atoms with Crippen molar-refractivity contribution in [1.82, 2.24) is 9.47 Å². The smallest absolute Gasteiger partial charge is 0.270 e. The Labute approximate surface area is 108 Å². The van der Waals surface area contributed by atoms with Gasteiger partial charge in [0, 0.05) is 19.3 Å². The SMILES string of the molecule is CCCn1cc(N)cc1C(=O)N1CCOCC1C. The van der Waals surface area contributed by atoms with Crippen LogP contribution in [0.25, 0.3) is 0 Å². The highest BCUT2D eigenvalue weighted by Gasteiger charge is 2.26.